The molecule has 0 aromatic carbocycles. The van der Waals surface area contributed by atoms with Crippen molar-refractivity contribution in [2.75, 3.05) is 0 Å². The van der Waals surface area contributed by atoms with E-state index in [4.69, 9.17) is 0 Å². The fourth-order valence-electron chi connectivity index (χ4n) is 1.62. The highest BCUT2D eigenvalue weighted by molar-refractivity contribution is 9.11. The van der Waals surface area contributed by atoms with Crippen molar-refractivity contribution in [1.82, 2.24) is 0 Å². The van der Waals surface area contributed by atoms with Gasteiger partial charge in [-0.3, -0.25) is 0 Å². The highest BCUT2D eigenvalue weighted by Gasteiger charge is 2.26. The maximum atomic E-state index is 3.62. The average molecular weight is 213 g/mol. The van der Waals surface area contributed by atoms with Gasteiger partial charge in [-0.1, -0.05) is 47.0 Å². The topological polar surface area (TPSA) is 0 Å². The molecule has 0 N–H and O–H groups in total. The minimum absolute atomic E-state index is 0.799. The first-order valence-corrected chi connectivity index (χ1v) is 5.18. The van der Waals surface area contributed by atoms with Gasteiger partial charge in [0.05, 0.1) is 0 Å². The number of rotatable bonds is 2. The van der Waals surface area contributed by atoms with Gasteiger partial charge in [0, 0.05) is 0 Å². The lowest BCUT2D eigenvalue weighted by molar-refractivity contribution is 0.543. The third kappa shape index (κ3) is 1.96. The highest BCUT2D eigenvalue weighted by atomic mass is 79.9. The Kier molecular flexibility index (Phi) is 2.17. The maximum absolute atomic E-state index is 3.62. The van der Waals surface area contributed by atoms with Crippen LogP contribution in [0.2, 0.25) is 0 Å². The zero-order valence-corrected chi connectivity index (χ0v) is 8.18. The molecule has 0 amide bonds. The molecule has 0 nitrogen and oxygen atoms in total. The Hall–Kier alpha value is -0.0400. The van der Waals surface area contributed by atoms with Gasteiger partial charge in [-0.2, -0.15) is 0 Å². The SMILES string of the molecule is BrC1=CC=CCC1CC1CC1. The Morgan fingerprint density at radius 2 is 2.27 bits per heavy atom. The molecule has 60 valence electrons. The Balaban J connectivity index is 1.92. The molecule has 1 fully saturated rings. The summed E-state index contributed by atoms with van der Waals surface area (Å²) in [5.41, 5.74) is 0. The molecule has 0 spiro atoms. The predicted octanol–water partition coefficient (Wildman–Crippen LogP) is 3.64. The van der Waals surface area contributed by atoms with Gasteiger partial charge in [-0.05, 0) is 29.2 Å². The zero-order chi connectivity index (χ0) is 7.68. The highest BCUT2D eigenvalue weighted by Crippen LogP contribution is 2.40. The van der Waals surface area contributed by atoms with Crippen LogP contribution in [0.15, 0.2) is 22.7 Å². The van der Waals surface area contributed by atoms with Crippen LogP contribution in [-0.4, -0.2) is 0 Å². The van der Waals surface area contributed by atoms with Crippen molar-refractivity contribution in [1.29, 1.82) is 0 Å². The van der Waals surface area contributed by atoms with Gasteiger partial charge in [-0.15, -0.1) is 0 Å². The maximum Gasteiger partial charge on any atom is -0.00153 e. The first-order valence-electron chi connectivity index (χ1n) is 4.38. The number of halogens is 1. The second kappa shape index (κ2) is 3.14. The molecule has 11 heavy (non-hydrogen) atoms. The summed E-state index contributed by atoms with van der Waals surface area (Å²) in [6, 6.07) is 0. The standard InChI is InChI=1S/C10H13Br/c11-10-4-2-1-3-9(10)7-8-5-6-8/h1-2,4,8-9H,3,5-7H2. The van der Waals surface area contributed by atoms with Crippen LogP contribution in [0.1, 0.15) is 25.7 Å². The molecule has 0 aromatic rings. The Morgan fingerprint density at radius 3 is 2.91 bits per heavy atom. The summed E-state index contributed by atoms with van der Waals surface area (Å²) in [6.07, 6.45) is 12.2. The van der Waals surface area contributed by atoms with Crippen molar-refractivity contribution in [3.63, 3.8) is 0 Å². The van der Waals surface area contributed by atoms with Gasteiger partial charge < -0.3 is 0 Å². The van der Waals surface area contributed by atoms with Crippen LogP contribution in [0.3, 0.4) is 0 Å². The summed E-state index contributed by atoms with van der Waals surface area (Å²) in [7, 11) is 0. The van der Waals surface area contributed by atoms with Crippen molar-refractivity contribution >= 4 is 15.9 Å². The summed E-state index contributed by atoms with van der Waals surface area (Å²) in [6.45, 7) is 0. The molecule has 0 aliphatic heterocycles. The van der Waals surface area contributed by atoms with Crippen LogP contribution in [0.4, 0.5) is 0 Å². The molecule has 0 saturated heterocycles. The van der Waals surface area contributed by atoms with Crippen LogP contribution in [-0.2, 0) is 0 Å². The fourth-order valence-corrected chi connectivity index (χ4v) is 2.14. The van der Waals surface area contributed by atoms with Crippen LogP contribution < -0.4 is 0 Å². The Bertz CT molecular complexity index is 199. The fraction of sp³-hybridized carbons (Fsp3) is 0.600. The molecular formula is C10H13Br. The second-order valence-electron chi connectivity index (χ2n) is 3.59. The average Bonchev–Trinajstić information content (AvgIpc) is 2.78. The smallest absolute Gasteiger partial charge is 0.00153 e. The molecule has 2 rings (SSSR count). The molecule has 1 heteroatoms. The summed E-state index contributed by atoms with van der Waals surface area (Å²) in [5.74, 6) is 1.85. The lowest BCUT2D eigenvalue weighted by Crippen LogP contribution is -2.02. The monoisotopic (exact) mass is 212 g/mol. The van der Waals surface area contributed by atoms with Crippen molar-refractivity contribution < 1.29 is 0 Å². The van der Waals surface area contributed by atoms with E-state index >= 15 is 0 Å². The van der Waals surface area contributed by atoms with Gasteiger partial charge >= 0.3 is 0 Å². The van der Waals surface area contributed by atoms with E-state index < -0.39 is 0 Å². The molecule has 1 atom stereocenters. The zero-order valence-electron chi connectivity index (χ0n) is 6.59. The minimum atomic E-state index is 0.799. The van der Waals surface area contributed by atoms with Crippen LogP contribution in [0, 0.1) is 11.8 Å². The third-order valence-corrected chi connectivity index (χ3v) is 3.43. The summed E-state index contributed by atoms with van der Waals surface area (Å²) >= 11 is 3.62. The van der Waals surface area contributed by atoms with Crippen LogP contribution >= 0.6 is 15.9 Å². The van der Waals surface area contributed by atoms with Crippen LogP contribution in [0.25, 0.3) is 0 Å². The lowest BCUT2D eigenvalue weighted by Gasteiger charge is -2.16. The molecule has 2 aliphatic rings. The Labute approximate surface area is 76.5 Å². The van der Waals surface area contributed by atoms with E-state index in [9.17, 15) is 0 Å². The second-order valence-corrected chi connectivity index (χ2v) is 4.51. The van der Waals surface area contributed by atoms with E-state index in [0.717, 1.165) is 11.8 Å². The molecule has 0 aromatic heterocycles. The molecule has 2 aliphatic carbocycles. The molecule has 0 heterocycles. The van der Waals surface area contributed by atoms with E-state index in [1.54, 1.807) is 0 Å². The summed E-state index contributed by atoms with van der Waals surface area (Å²) < 4.78 is 1.41. The van der Waals surface area contributed by atoms with Gasteiger partial charge in [0.2, 0.25) is 0 Å². The molecule has 1 saturated carbocycles. The van der Waals surface area contributed by atoms with Crippen molar-refractivity contribution in [2.24, 2.45) is 11.8 Å². The lowest BCUT2D eigenvalue weighted by atomic mass is 9.95. The number of allylic oxidation sites excluding steroid dienone is 4. The van der Waals surface area contributed by atoms with Gasteiger partial charge in [0.1, 0.15) is 0 Å². The normalized spacial score (nSPS) is 30.3. The number of hydrogen-bond donors (Lipinski definition) is 0. The van der Waals surface area contributed by atoms with Gasteiger partial charge in [0.15, 0.2) is 0 Å². The van der Waals surface area contributed by atoms with Crippen LogP contribution in [0.5, 0.6) is 0 Å². The Morgan fingerprint density at radius 1 is 1.45 bits per heavy atom. The summed E-state index contributed by atoms with van der Waals surface area (Å²) in [5, 5.41) is 0. The van der Waals surface area contributed by atoms with E-state index in [2.05, 4.69) is 34.2 Å². The quantitative estimate of drug-likeness (QED) is 0.656. The molecule has 0 bridgehead atoms. The molecule has 0 radical (unpaired) electrons. The van der Waals surface area contributed by atoms with Crippen molar-refractivity contribution in [2.45, 2.75) is 25.7 Å². The summed E-state index contributed by atoms with van der Waals surface area (Å²) in [4.78, 5) is 0. The van der Waals surface area contributed by atoms with Crippen molar-refractivity contribution in [3.8, 4) is 0 Å². The van der Waals surface area contributed by atoms with E-state index in [1.807, 2.05) is 0 Å². The predicted molar refractivity (Wildman–Crippen MR) is 51.6 cm³/mol. The largest absolute Gasteiger partial charge is 0.0839 e. The minimum Gasteiger partial charge on any atom is -0.0839 e. The first-order chi connectivity index (χ1) is 5.36. The van der Waals surface area contributed by atoms with Crippen molar-refractivity contribution in [3.05, 3.63) is 22.7 Å². The first kappa shape index (κ1) is 7.60. The van der Waals surface area contributed by atoms with E-state index in [0.29, 0.717) is 0 Å². The molecule has 1 unspecified atom stereocenters. The molecular weight excluding hydrogens is 200 g/mol. The van der Waals surface area contributed by atoms with Gasteiger partial charge in [-0.25, -0.2) is 0 Å². The third-order valence-electron chi connectivity index (χ3n) is 2.52. The van der Waals surface area contributed by atoms with E-state index in [-0.39, 0.29) is 0 Å². The number of hydrogen-bond acceptors (Lipinski definition) is 0. The van der Waals surface area contributed by atoms with E-state index in [1.165, 1.54) is 30.2 Å². The van der Waals surface area contributed by atoms with Gasteiger partial charge in [0.25, 0.3) is 0 Å².